The van der Waals surface area contributed by atoms with Gasteiger partial charge in [-0.15, -0.1) is 11.3 Å². The Hall–Kier alpha value is -2.25. The molecule has 0 atom stereocenters. The SMILES string of the molecule is CC1CCN(c2ccc(CNCc3nc(-c4cnn(C)c4)cs3)cn2)CC1. The summed E-state index contributed by atoms with van der Waals surface area (Å²) in [4.78, 5) is 11.7. The summed E-state index contributed by atoms with van der Waals surface area (Å²) in [5, 5.41) is 10.8. The van der Waals surface area contributed by atoms with Crippen LogP contribution in [0.1, 0.15) is 30.3 Å². The Morgan fingerprint density at radius 3 is 2.74 bits per heavy atom. The van der Waals surface area contributed by atoms with Crippen LogP contribution in [0, 0.1) is 5.92 Å². The predicted octanol–water partition coefficient (Wildman–Crippen LogP) is 3.46. The quantitative estimate of drug-likeness (QED) is 0.707. The topological polar surface area (TPSA) is 58.9 Å². The van der Waals surface area contributed by atoms with Crippen molar-refractivity contribution in [3.8, 4) is 11.3 Å². The van der Waals surface area contributed by atoms with Gasteiger partial charge in [-0.3, -0.25) is 4.68 Å². The number of nitrogens with one attached hydrogen (secondary N) is 1. The van der Waals surface area contributed by atoms with Gasteiger partial charge in [-0.25, -0.2) is 9.97 Å². The lowest BCUT2D eigenvalue weighted by molar-refractivity contribution is 0.436. The molecule has 1 aliphatic rings. The van der Waals surface area contributed by atoms with Gasteiger partial charge >= 0.3 is 0 Å². The predicted molar refractivity (Wildman–Crippen MR) is 110 cm³/mol. The lowest BCUT2D eigenvalue weighted by Gasteiger charge is -2.31. The average molecular weight is 383 g/mol. The number of hydrogen-bond acceptors (Lipinski definition) is 6. The third-order valence-electron chi connectivity index (χ3n) is 5.07. The summed E-state index contributed by atoms with van der Waals surface area (Å²) >= 11 is 1.68. The summed E-state index contributed by atoms with van der Waals surface area (Å²) < 4.78 is 1.80. The molecule has 142 valence electrons. The molecular formula is C20H26N6S. The highest BCUT2D eigenvalue weighted by Gasteiger charge is 2.16. The lowest BCUT2D eigenvalue weighted by atomic mass is 9.99. The van der Waals surface area contributed by atoms with Crippen molar-refractivity contribution in [2.75, 3.05) is 18.0 Å². The van der Waals surface area contributed by atoms with Crippen LogP contribution in [-0.4, -0.2) is 32.8 Å². The molecule has 0 radical (unpaired) electrons. The van der Waals surface area contributed by atoms with Crippen molar-refractivity contribution in [1.82, 2.24) is 25.1 Å². The maximum atomic E-state index is 4.69. The van der Waals surface area contributed by atoms with Gasteiger partial charge in [0.2, 0.25) is 0 Å². The smallest absolute Gasteiger partial charge is 0.128 e. The molecule has 0 spiro atoms. The van der Waals surface area contributed by atoms with Gasteiger partial charge < -0.3 is 10.2 Å². The van der Waals surface area contributed by atoms with Gasteiger partial charge in [0, 0.05) is 56.6 Å². The fraction of sp³-hybridized carbons (Fsp3) is 0.450. The van der Waals surface area contributed by atoms with Gasteiger partial charge in [-0.05, 0) is 30.4 Å². The molecule has 3 aromatic heterocycles. The number of hydrogen-bond donors (Lipinski definition) is 1. The van der Waals surface area contributed by atoms with E-state index in [0.29, 0.717) is 0 Å². The molecule has 0 amide bonds. The van der Waals surface area contributed by atoms with Crippen molar-refractivity contribution in [2.45, 2.75) is 32.9 Å². The summed E-state index contributed by atoms with van der Waals surface area (Å²) in [7, 11) is 1.92. The zero-order valence-electron chi connectivity index (χ0n) is 15.9. The highest BCUT2D eigenvalue weighted by Crippen LogP contribution is 2.22. The van der Waals surface area contributed by atoms with E-state index in [1.54, 1.807) is 16.0 Å². The van der Waals surface area contributed by atoms with Gasteiger partial charge in [-0.2, -0.15) is 5.10 Å². The van der Waals surface area contributed by atoms with Gasteiger partial charge in [0.05, 0.1) is 11.9 Å². The first-order valence-electron chi connectivity index (χ1n) is 9.51. The molecule has 1 N–H and O–H groups in total. The summed E-state index contributed by atoms with van der Waals surface area (Å²) in [6, 6.07) is 4.33. The summed E-state index contributed by atoms with van der Waals surface area (Å²) in [6.45, 7) is 6.13. The molecule has 7 heteroatoms. The molecule has 4 rings (SSSR count). The second kappa shape index (κ2) is 8.19. The second-order valence-corrected chi connectivity index (χ2v) is 8.27. The minimum absolute atomic E-state index is 0.761. The molecule has 1 fully saturated rings. The first-order valence-corrected chi connectivity index (χ1v) is 10.4. The van der Waals surface area contributed by atoms with Gasteiger partial charge in [0.25, 0.3) is 0 Å². The minimum Gasteiger partial charge on any atom is -0.357 e. The van der Waals surface area contributed by atoms with Crippen LogP contribution in [0.2, 0.25) is 0 Å². The Labute approximate surface area is 164 Å². The van der Waals surface area contributed by atoms with Crippen LogP contribution in [0.4, 0.5) is 5.82 Å². The van der Waals surface area contributed by atoms with Crippen molar-refractivity contribution in [1.29, 1.82) is 0 Å². The van der Waals surface area contributed by atoms with E-state index in [1.807, 2.05) is 25.6 Å². The molecular weight excluding hydrogens is 356 g/mol. The number of aryl methyl sites for hydroxylation is 1. The molecule has 3 aromatic rings. The van der Waals surface area contributed by atoms with Crippen LogP contribution < -0.4 is 10.2 Å². The van der Waals surface area contributed by atoms with E-state index in [2.05, 4.69) is 49.7 Å². The van der Waals surface area contributed by atoms with Gasteiger partial charge in [-0.1, -0.05) is 13.0 Å². The summed E-state index contributed by atoms with van der Waals surface area (Å²) in [5.74, 6) is 1.95. The van der Waals surface area contributed by atoms with Crippen LogP contribution in [0.3, 0.4) is 0 Å². The van der Waals surface area contributed by atoms with Gasteiger partial charge in [0.1, 0.15) is 10.8 Å². The van der Waals surface area contributed by atoms with Crippen LogP contribution in [-0.2, 0) is 20.1 Å². The molecule has 4 heterocycles. The molecule has 0 aliphatic carbocycles. The van der Waals surface area contributed by atoms with E-state index >= 15 is 0 Å². The van der Waals surface area contributed by atoms with Crippen molar-refractivity contribution in [3.05, 3.63) is 46.7 Å². The standard InChI is InChI=1S/C20H26N6S/c1-15-5-7-26(8-6-15)19-4-3-16(10-22-19)9-21-12-20-24-18(14-27-20)17-11-23-25(2)13-17/h3-4,10-11,13-15,21H,5-9,12H2,1-2H3. The van der Waals surface area contributed by atoms with E-state index in [-0.39, 0.29) is 0 Å². The number of thiazole rings is 1. The first kappa shape index (κ1) is 18.1. The van der Waals surface area contributed by atoms with Crippen LogP contribution in [0.25, 0.3) is 11.3 Å². The molecule has 0 unspecified atom stereocenters. The van der Waals surface area contributed by atoms with Gasteiger partial charge in [0.15, 0.2) is 0 Å². The maximum Gasteiger partial charge on any atom is 0.128 e. The molecule has 0 saturated carbocycles. The maximum absolute atomic E-state index is 4.69. The molecule has 27 heavy (non-hydrogen) atoms. The van der Waals surface area contributed by atoms with E-state index in [9.17, 15) is 0 Å². The number of anilines is 1. The Bertz CT molecular complexity index is 861. The van der Waals surface area contributed by atoms with E-state index in [1.165, 1.54) is 18.4 Å². The highest BCUT2D eigenvalue weighted by atomic mass is 32.1. The third kappa shape index (κ3) is 4.54. The Morgan fingerprint density at radius 1 is 1.19 bits per heavy atom. The van der Waals surface area contributed by atoms with Crippen molar-refractivity contribution in [2.24, 2.45) is 13.0 Å². The van der Waals surface area contributed by atoms with Crippen molar-refractivity contribution in [3.63, 3.8) is 0 Å². The zero-order valence-corrected chi connectivity index (χ0v) is 16.7. The van der Waals surface area contributed by atoms with E-state index in [4.69, 9.17) is 0 Å². The number of aromatic nitrogens is 4. The Morgan fingerprint density at radius 2 is 2.04 bits per heavy atom. The number of pyridine rings is 1. The number of piperidine rings is 1. The molecule has 1 saturated heterocycles. The summed E-state index contributed by atoms with van der Waals surface area (Å²) in [6.07, 6.45) is 8.36. The zero-order chi connectivity index (χ0) is 18.6. The van der Waals surface area contributed by atoms with Crippen LogP contribution >= 0.6 is 11.3 Å². The molecule has 0 aromatic carbocycles. The number of rotatable bonds is 6. The fourth-order valence-electron chi connectivity index (χ4n) is 3.34. The normalized spacial score (nSPS) is 15.4. The average Bonchev–Trinajstić information content (AvgIpc) is 3.32. The molecule has 1 aliphatic heterocycles. The Balaban J connectivity index is 1.27. The minimum atomic E-state index is 0.761. The summed E-state index contributed by atoms with van der Waals surface area (Å²) in [5.41, 5.74) is 3.26. The van der Waals surface area contributed by atoms with Crippen LogP contribution in [0.5, 0.6) is 0 Å². The monoisotopic (exact) mass is 382 g/mol. The lowest BCUT2D eigenvalue weighted by Crippen LogP contribution is -2.33. The van der Waals surface area contributed by atoms with E-state index in [0.717, 1.165) is 54.2 Å². The number of nitrogens with zero attached hydrogens (tertiary/aromatic N) is 5. The Kier molecular flexibility index (Phi) is 5.50. The molecule has 6 nitrogen and oxygen atoms in total. The second-order valence-electron chi connectivity index (χ2n) is 7.33. The molecule has 0 bridgehead atoms. The van der Waals surface area contributed by atoms with Crippen molar-refractivity contribution >= 4 is 17.2 Å². The third-order valence-corrected chi connectivity index (χ3v) is 5.92. The van der Waals surface area contributed by atoms with Crippen molar-refractivity contribution < 1.29 is 0 Å². The first-order chi connectivity index (χ1) is 13.2. The van der Waals surface area contributed by atoms with E-state index < -0.39 is 0 Å². The van der Waals surface area contributed by atoms with Crippen LogP contribution in [0.15, 0.2) is 36.1 Å². The largest absolute Gasteiger partial charge is 0.357 e. The fourth-order valence-corrected chi connectivity index (χ4v) is 4.11. The highest BCUT2D eigenvalue weighted by molar-refractivity contribution is 7.09.